The van der Waals surface area contributed by atoms with Crippen molar-refractivity contribution in [1.82, 2.24) is 5.32 Å². The summed E-state index contributed by atoms with van der Waals surface area (Å²) in [6.45, 7) is -6.36. The van der Waals surface area contributed by atoms with Crippen LogP contribution in [-0.4, -0.2) is 203 Å². The van der Waals surface area contributed by atoms with Gasteiger partial charge in [-0.05, 0) is 12.5 Å². The van der Waals surface area contributed by atoms with Crippen LogP contribution < -0.4 is 5.32 Å². The van der Waals surface area contributed by atoms with Crippen molar-refractivity contribution in [2.24, 2.45) is 0 Å². The quantitative estimate of drug-likeness (QED) is 0.0650. The van der Waals surface area contributed by atoms with Crippen LogP contribution in [0.3, 0.4) is 0 Å². The number of carbonyl (C=O) groups excluding carboxylic acids is 1. The third kappa shape index (κ3) is 7.79. The van der Waals surface area contributed by atoms with Crippen molar-refractivity contribution in [1.29, 1.82) is 0 Å². The van der Waals surface area contributed by atoms with Gasteiger partial charge in [-0.3, -0.25) is 0 Å². The van der Waals surface area contributed by atoms with E-state index >= 15 is 0 Å². The average molecular weight is 650 g/mol. The van der Waals surface area contributed by atoms with E-state index in [1.807, 2.05) is 0 Å². The minimum absolute atomic E-state index is 0.143. The second-order valence-electron chi connectivity index (χ2n) is 10.7. The Morgan fingerprint density at radius 2 is 1.57 bits per heavy atom. The molecule has 19 heteroatoms. The smallest absolute Gasteiger partial charge is 0.187 e. The highest BCUT2D eigenvalue weighted by molar-refractivity contribution is 5.56. The molecule has 0 aromatic rings. The number of hydrogen-bond donors (Lipinski definition) is 14. The van der Waals surface area contributed by atoms with Gasteiger partial charge in [0.2, 0.25) is 0 Å². The van der Waals surface area contributed by atoms with Crippen molar-refractivity contribution >= 4 is 6.29 Å². The number of carbonyl (C=O) groups is 1. The Kier molecular flexibility index (Phi) is 11.4. The van der Waals surface area contributed by atoms with Gasteiger partial charge >= 0.3 is 0 Å². The maximum absolute atomic E-state index is 10.9. The first kappa shape index (κ1) is 31.3. The Balaban J connectivity index is 1.81. The topological polar surface area (TPSA) is 329 Å². The molecule has 44 heavy (non-hydrogen) atoms. The van der Waals surface area contributed by atoms with Crippen LogP contribution in [0.25, 0.3) is 0 Å². The van der Waals surface area contributed by atoms with E-state index in [1.54, 1.807) is 0 Å². The van der Waals surface area contributed by atoms with E-state index in [2.05, 4.69) is 5.32 Å². The summed E-state index contributed by atoms with van der Waals surface area (Å²) in [6.07, 6.45) is -31.9. The zero-order valence-electron chi connectivity index (χ0n) is 27.1. The number of rotatable bonds is 13. The molecule has 3 rings (SSSR count). The van der Waals surface area contributed by atoms with Crippen LogP contribution in [0.5, 0.6) is 0 Å². The molecule has 18 atom stereocenters. The molecular formula is C25H43NO18. The average Bonchev–Trinajstić information content (AvgIpc) is 3.00. The molecule has 2 heterocycles. The fraction of sp³-hybridized carbons (Fsp3) is 0.880. The second-order valence-corrected chi connectivity index (χ2v) is 10.7. The molecule has 0 aromatic heterocycles. The SMILES string of the molecule is [2H]C([2H])(O)C1=CC(NC2C(C)OC(OC3C(O)C(O)C(OC(C(O)CO)C(O)C(O)C=O)OC3C([2H])([2H])O)C(O)C2O)C(O)C(O)C1O. The standard InChI is InChI=1S/C25H43NO18/c1-7-13(26-9-2-8(3-27)14(33)18(37)15(9)34)17(36)20(39)24(41-7)44-23-12(6-30)42-25(21(40)19(23)38)43-22(11(32)5-29)16(35)10(31)4-28/h2,4,7,9-27,29-40H,3,5-6H2,1H3/i3D2,6D2. The third-order valence-corrected chi connectivity index (χ3v) is 7.73. The van der Waals surface area contributed by atoms with Gasteiger partial charge in [0.1, 0.15) is 79.4 Å². The van der Waals surface area contributed by atoms with Crippen molar-refractivity contribution in [3.63, 3.8) is 0 Å². The first-order valence-corrected chi connectivity index (χ1v) is 13.5. The van der Waals surface area contributed by atoms with Crippen molar-refractivity contribution < 1.29 is 95.6 Å². The lowest BCUT2D eigenvalue weighted by Crippen LogP contribution is -2.68. The molecule has 1 aliphatic carbocycles. The molecule has 0 spiro atoms. The minimum atomic E-state index is -3.43. The second kappa shape index (κ2) is 16.0. The predicted octanol–water partition coefficient (Wildman–Crippen LogP) is -8.72. The predicted molar refractivity (Wildman–Crippen MR) is 139 cm³/mol. The molecule has 0 aromatic carbocycles. The molecule has 256 valence electrons. The summed E-state index contributed by atoms with van der Waals surface area (Å²) < 4.78 is 52.1. The largest absolute Gasteiger partial charge is 0.394 e. The Bertz CT molecular complexity index is 1100. The summed E-state index contributed by atoms with van der Waals surface area (Å²) in [4.78, 5) is 10.9. The highest BCUT2D eigenvalue weighted by Crippen LogP contribution is 2.31. The first-order valence-electron chi connectivity index (χ1n) is 15.5. The normalized spacial score (nSPS) is 46.4. The van der Waals surface area contributed by atoms with Crippen LogP contribution in [0.1, 0.15) is 12.4 Å². The molecule has 2 aliphatic heterocycles. The molecule has 14 N–H and O–H groups in total. The van der Waals surface area contributed by atoms with E-state index < -0.39 is 135 Å². The number of aldehydes is 1. The molecule has 18 unspecified atom stereocenters. The van der Waals surface area contributed by atoms with Gasteiger partial charge in [0.15, 0.2) is 18.9 Å². The van der Waals surface area contributed by atoms with Gasteiger partial charge in [-0.1, -0.05) is 6.08 Å². The molecule has 2 fully saturated rings. The van der Waals surface area contributed by atoms with E-state index in [9.17, 15) is 71.2 Å². The Labute approximate surface area is 256 Å². The van der Waals surface area contributed by atoms with Gasteiger partial charge < -0.3 is 95.4 Å². The molecule has 0 saturated carbocycles. The summed E-state index contributed by atoms with van der Waals surface area (Å²) in [5.41, 5.74) is -0.707. The Hall–Kier alpha value is -1.31. The first-order chi connectivity index (χ1) is 22.1. The maximum Gasteiger partial charge on any atom is 0.187 e. The van der Waals surface area contributed by atoms with E-state index in [1.165, 1.54) is 6.92 Å². The summed E-state index contributed by atoms with van der Waals surface area (Å²) >= 11 is 0. The summed E-state index contributed by atoms with van der Waals surface area (Å²) in [5.74, 6) is 0. The van der Waals surface area contributed by atoms with E-state index in [0.29, 0.717) is 0 Å². The van der Waals surface area contributed by atoms with Gasteiger partial charge in [0.05, 0.1) is 43.4 Å². The van der Waals surface area contributed by atoms with Gasteiger partial charge in [0.25, 0.3) is 0 Å². The number of nitrogens with one attached hydrogen (secondary N) is 1. The lowest BCUT2D eigenvalue weighted by atomic mass is 9.86. The molecule has 19 nitrogen and oxygen atoms in total. The highest BCUT2D eigenvalue weighted by atomic mass is 16.7. The number of hydrogen-bond acceptors (Lipinski definition) is 19. The van der Waals surface area contributed by atoms with E-state index in [0.717, 1.165) is 6.08 Å². The summed E-state index contributed by atoms with van der Waals surface area (Å²) in [6, 6.07) is -2.77. The van der Waals surface area contributed by atoms with E-state index in [-0.39, 0.29) is 6.29 Å². The maximum atomic E-state index is 10.9. The molecule has 3 aliphatic rings. The van der Waals surface area contributed by atoms with Gasteiger partial charge in [0, 0.05) is 0 Å². The molecule has 0 amide bonds. The zero-order valence-corrected chi connectivity index (χ0v) is 23.1. The van der Waals surface area contributed by atoms with E-state index in [4.69, 9.17) is 24.4 Å². The molecular weight excluding hydrogens is 602 g/mol. The third-order valence-electron chi connectivity index (χ3n) is 7.73. The van der Waals surface area contributed by atoms with Crippen LogP contribution in [0.4, 0.5) is 0 Å². The number of aliphatic hydroxyl groups is 13. The molecule has 0 bridgehead atoms. The van der Waals surface area contributed by atoms with Crippen LogP contribution in [0.2, 0.25) is 0 Å². The highest BCUT2D eigenvalue weighted by Gasteiger charge is 2.52. The minimum Gasteiger partial charge on any atom is -0.394 e. The monoisotopic (exact) mass is 649 g/mol. The lowest BCUT2D eigenvalue weighted by Gasteiger charge is -2.48. The van der Waals surface area contributed by atoms with Crippen molar-refractivity contribution in [2.75, 3.05) is 19.7 Å². The molecule has 0 radical (unpaired) electrons. The van der Waals surface area contributed by atoms with Crippen molar-refractivity contribution in [3.05, 3.63) is 11.6 Å². The van der Waals surface area contributed by atoms with Crippen LogP contribution in [-0.2, 0) is 23.7 Å². The van der Waals surface area contributed by atoms with Crippen LogP contribution in [0.15, 0.2) is 11.6 Å². The van der Waals surface area contributed by atoms with Crippen LogP contribution in [0, 0.1) is 0 Å². The number of ether oxygens (including phenoxy) is 4. The van der Waals surface area contributed by atoms with Crippen LogP contribution >= 0.6 is 0 Å². The van der Waals surface area contributed by atoms with Gasteiger partial charge in [-0.25, -0.2) is 0 Å². The molecule has 2 saturated heterocycles. The fourth-order valence-corrected chi connectivity index (χ4v) is 5.11. The fourth-order valence-electron chi connectivity index (χ4n) is 5.11. The zero-order chi connectivity index (χ0) is 36.6. The summed E-state index contributed by atoms with van der Waals surface area (Å²) in [7, 11) is 0. The van der Waals surface area contributed by atoms with Gasteiger partial charge in [-0.2, -0.15) is 0 Å². The van der Waals surface area contributed by atoms with Crippen molar-refractivity contribution in [3.8, 4) is 0 Å². The summed E-state index contributed by atoms with van der Waals surface area (Å²) in [5, 5.41) is 136. The Morgan fingerprint density at radius 3 is 2.14 bits per heavy atom. The number of aliphatic hydroxyl groups excluding tert-OH is 11. The lowest BCUT2D eigenvalue weighted by molar-refractivity contribution is -0.361. The van der Waals surface area contributed by atoms with Crippen molar-refractivity contribution in [2.45, 2.75) is 117 Å². The van der Waals surface area contributed by atoms with Gasteiger partial charge in [-0.15, -0.1) is 0 Å². The Morgan fingerprint density at radius 1 is 0.932 bits per heavy atom.